The number of aromatic amines is 1. The van der Waals surface area contributed by atoms with E-state index in [9.17, 15) is 13.6 Å². The molecular formula is C27H27F2N3O2. The molecule has 1 aliphatic rings. The van der Waals surface area contributed by atoms with Crippen LogP contribution in [-0.2, 0) is 11.3 Å². The molecule has 0 aliphatic carbocycles. The second kappa shape index (κ2) is 9.91. The molecule has 1 N–H and O–H groups in total. The Kier molecular flexibility index (Phi) is 6.56. The highest BCUT2D eigenvalue weighted by atomic mass is 19.1. The molecule has 34 heavy (non-hydrogen) atoms. The first-order chi connectivity index (χ1) is 16.6. The van der Waals surface area contributed by atoms with Gasteiger partial charge in [0.2, 0.25) is 0 Å². The highest BCUT2D eigenvalue weighted by Crippen LogP contribution is 2.30. The van der Waals surface area contributed by atoms with Gasteiger partial charge in [-0.05, 0) is 60.4 Å². The van der Waals surface area contributed by atoms with Crippen molar-refractivity contribution in [3.8, 4) is 0 Å². The number of ether oxygens (including phenoxy) is 1. The summed E-state index contributed by atoms with van der Waals surface area (Å²) < 4.78 is 35.2. The monoisotopic (exact) mass is 463 g/mol. The highest BCUT2D eigenvalue weighted by molar-refractivity contribution is 5.74. The summed E-state index contributed by atoms with van der Waals surface area (Å²) in [6.07, 6.45) is 1.35. The summed E-state index contributed by atoms with van der Waals surface area (Å²) in [5.41, 5.74) is 3.38. The fourth-order valence-corrected chi connectivity index (χ4v) is 4.66. The minimum Gasteiger partial charge on any atom is -0.365 e. The van der Waals surface area contributed by atoms with Gasteiger partial charge in [0.1, 0.15) is 17.7 Å². The number of H-pyrrole nitrogens is 1. The van der Waals surface area contributed by atoms with Crippen molar-refractivity contribution in [1.82, 2.24) is 14.5 Å². The molecule has 1 aliphatic heterocycles. The maximum atomic E-state index is 13.5. The summed E-state index contributed by atoms with van der Waals surface area (Å²) >= 11 is 0. The number of halogens is 2. The number of benzene rings is 3. The molecule has 1 fully saturated rings. The van der Waals surface area contributed by atoms with Gasteiger partial charge in [-0.15, -0.1) is 0 Å². The minimum atomic E-state index is -0.387. The highest BCUT2D eigenvalue weighted by Gasteiger charge is 2.25. The zero-order chi connectivity index (χ0) is 23.5. The predicted octanol–water partition coefficient (Wildman–Crippen LogP) is 4.88. The number of nitrogens with zero attached hydrogens (tertiary/aromatic N) is 2. The number of para-hydroxylation sites is 2. The molecule has 1 saturated heterocycles. The molecule has 0 radical (unpaired) electrons. The van der Waals surface area contributed by atoms with Crippen LogP contribution in [0.1, 0.15) is 30.1 Å². The number of fused-ring (bicyclic) bond motifs is 1. The zero-order valence-electron chi connectivity index (χ0n) is 18.8. The smallest absolute Gasteiger partial charge is 0.326 e. The third kappa shape index (κ3) is 4.95. The average Bonchev–Trinajstić information content (AvgIpc) is 3.18. The van der Waals surface area contributed by atoms with Crippen LogP contribution in [0.4, 0.5) is 8.78 Å². The minimum absolute atomic E-state index is 0.0344. The van der Waals surface area contributed by atoms with Crippen molar-refractivity contribution in [3.05, 3.63) is 106 Å². The molecule has 5 rings (SSSR count). The summed E-state index contributed by atoms with van der Waals surface area (Å²) in [5.74, 6) is -0.603. The van der Waals surface area contributed by atoms with E-state index in [4.69, 9.17) is 4.74 Å². The van der Waals surface area contributed by atoms with Crippen molar-refractivity contribution in [3.63, 3.8) is 0 Å². The van der Waals surface area contributed by atoms with E-state index in [2.05, 4.69) is 9.88 Å². The summed E-state index contributed by atoms with van der Waals surface area (Å²) in [6.45, 7) is 3.14. The standard InChI is InChI=1S/C27H27F2N3O2/c28-21-9-5-19(6-10-21)26(20-7-11-22(29)12-8-20)34-23-13-15-31(16-14-23)17-18-32-25-4-2-1-3-24(25)30-27(32)33/h1-12,23,26H,13-18H2,(H,30,33). The van der Waals surface area contributed by atoms with Crippen LogP contribution in [0.5, 0.6) is 0 Å². The normalized spacial score (nSPS) is 15.4. The lowest BCUT2D eigenvalue weighted by atomic mass is 10.00. The van der Waals surface area contributed by atoms with Gasteiger partial charge in [-0.25, -0.2) is 13.6 Å². The van der Waals surface area contributed by atoms with Gasteiger partial charge in [0, 0.05) is 26.2 Å². The number of hydrogen-bond acceptors (Lipinski definition) is 3. The number of rotatable bonds is 7. The first-order valence-electron chi connectivity index (χ1n) is 11.6. The lowest BCUT2D eigenvalue weighted by Gasteiger charge is -2.34. The van der Waals surface area contributed by atoms with Gasteiger partial charge in [-0.1, -0.05) is 36.4 Å². The number of piperidine rings is 1. The Balaban J connectivity index is 1.22. The molecule has 0 spiro atoms. The van der Waals surface area contributed by atoms with Crippen molar-refractivity contribution in [2.75, 3.05) is 19.6 Å². The van der Waals surface area contributed by atoms with Crippen LogP contribution < -0.4 is 5.69 Å². The lowest BCUT2D eigenvalue weighted by Crippen LogP contribution is -2.39. The second-order valence-electron chi connectivity index (χ2n) is 8.76. The van der Waals surface area contributed by atoms with E-state index in [-0.39, 0.29) is 29.5 Å². The third-order valence-electron chi connectivity index (χ3n) is 6.53. The van der Waals surface area contributed by atoms with E-state index in [1.807, 2.05) is 24.3 Å². The van der Waals surface area contributed by atoms with Gasteiger partial charge in [0.15, 0.2) is 0 Å². The number of hydrogen-bond donors (Lipinski definition) is 1. The van der Waals surface area contributed by atoms with E-state index in [1.54, 1.807) is 28.8 Å². The Morgan fingerprint density at radius 1 is 0.853 bits per heavy atom. The lowest BCUT2D eigenvalue weighted by molar-refractivity contribution is -0.0273. The van der Waals surface area contributed by atoms with Gasteiger partial charge in [0.05, 0.1) is 17.1 Å². The summed E-state index contributed by atoms with van der Waals surface area (Å²) in [6, 6.07) is 20.3. The van der Waals surface area contributed by atoms with Gasteiger partial charge in [-0.2, -0.15) is 0 Å². The van der Waals surface area contributed by atoms with E-state index in [0.717, 1.165) is 54.6 Å². The van der Waals surface area contributed by atoms with Crippen LogP contribution >= 0.6 is 0 Å². The maximum absolute atomic E-state index is 13.5. The molecular weight excluding hydrogens is 436 g/mol. The van der Waals surface area contributed by atoms with E-state index < -0.39 is 0 Å². The van der Waals surface area contributed by atoms with Crippen molar-refractivity contribution < 1.29 is 13.5 Å². The molecule has 5 nitrogen and oxygen atoms in total. The van der Waals surface area contributed by atoms with Crippen molar-refractivity contribution in [2.24, 2.45) is 0 Å². The number of aromatic nitrogens is 2. The van der Waals surface area contributed by atoms with Crippen LogP contribution in [0.2, 0.25) is 0 Å². The largest absolute Gasteiger partial charge is 0.365 e. The van der Waals surface area contributed by atoms with Gasteiger partial charge < -0.3 is 14.6 Å². The first kappa shape index (κ1) is 22.5. The molecule has 0 atom stereocenters. The van der Waals surface area contributed by atoms with Gasteiger partial charge in [-0.3, -0.25) is 4.57 Å². The fourth-order valence-electron chi connectivity index (χ4n) is 4.66. The first-order valence-corrected chi connectivity index (χ1v) is 11.6. The number of nitrogens with one attached hydrogen (secondary N) is 1. The summed E-state index contributed by atoms with van der Waals surface area (Å²) in [7, 11) is 0. The van der Waals surface area contributed by atoms with Crippen LogP contribution in [-0.4, -0.2) is 40.2 Å². The van der Waals surface area contributed by atoms with Gasteiger partial charge in [0.25, 0.3) is 0 Å². The van der Waals surface area contributed by atoms with E-state index in [1.165, 1.54) is 24.3 Å². The SMILES string of the molecule is O=c1[nH]c2ccccc2n1CCN1CCC(OC(c2ccc(F)cc2)c2ccc(F)cc2)CC1. The van der Waals surface area contributed by atoms with Crippen LogP contribution in [0.3, 0.4) is 0 Å². The Morgan fingerprint density at radius 2 is 1.44 bits per heavy atom. The molecule has 7 heteroatoms. The topological polar surface area (TPSA) is 50.3 Å². The molecule has 0 bridgehead atoms. The van der Waals surface area contributed by atoms with Crippen molar-refractivity contribution >= 4 is 11.0 Å². The van der Waals surface area contributed by atoms with E-state index in [0.29, 0.717) is 6.54 Å². The molecule has 0 saturated carbocycles. The van der Waals surface area contributed by atoms with Crippen molar-refractivity contribution in [1.29, 1.82) is 0 Å². The maximum Gasteiger partial charge on any atom is 0.326 e. The Hall–Kier alpha value is -3.29. The number of imidazole rings is 1. The Bertz CT molecular complexity index is 1240. The quantitative estimate of drug-likeness (QED) is 0.425. The molecule has 176 valence electrons. The fraction of sp³-hybridized carbons (Fsp3) is 0.296. The van der Waals surface area contributed by atoms with Crippen LogP contribution in [0.15, 0.2) is 77.6 Å². The summed E-state index contributed by atoms with van der Waals surface area (Å²) in [5, 5.41) is 0. The Labute approximate surface area is 196 Å². The molecule has 1 aromatic heterocycles. The van der Waals surface area contributed by atoms with E-state index >= 15 is 0 Å². The van der Waals surface area contributed by atoms with Crippen LogP contribution in [0, 0.1) is 11.6 Å². The summed E-state index contributed by atoms with van der Waals surface area (Å²) in [4.78, 5) is 17.6. The van der Waals surface area contributed by atoms with Crippen molar-refractivity contribution in [2.45, 2.75) is 31.6 Å². The second-order valence-corrected chi connectivity index (χ2v) is 8.76. The average molecular weight is 464 g/mol. The molecule has 0 amide bonds. The third-order valence-corrected chi connectivity index (χ3v) is 6.53. The number of likely N-dealkylation sites (tertiary alicyclic amines) is 1. The Morgan fingerprint density at radius 3 is 2.06 bits per heavy atom. The zero-order valence-corrected chi connectivity index (χ0v) is 18.8. The molecule has 0 unspecified atom stereocenters. The molecule has 3 aromatic carbocycles. The molecule has 4 aromatic rings. The van der Waals surface area contributed by atoms with Crippen LogP contribution in [0.25, 0.3) is 11.0 Å². The van der Waals surface area contributed by atoms with Gasteiger partial charge >= 0.3 is 5.69 Å². The predicted molar refractivity (Wildman–Crippen MR) is 128 cm³/mol. The molecule has 2 heterocycles.